The minimum atomic E-state index is -3.90. The minimum absolute atomic E-state index is 0.0814. The van der Waals surface area contributed by atoms with Gasteiger partial charge in [-0.1, -0.05) is 6.07 Å². The summed E-state index contributed by atoms with van der Waals surface area (Å²) >= 11 is 0. The summed E-state index contributed by atoms with van der Waals surface area (Å²) in [6, 6.07) is 4.29. The van der Waals surface area contributed by atoms with Gasteiger partial charge >= 0.3 is 0 Å². The molecule has 5 nitrogen and oxygen atoms in total. The minimum Gasteiger partial charge on any atom is -0.398 e. The summed E-state index contributed by atoms with van der Waals surface area (Å²) in [5.41, 5.74) is 5.46. The van der Waals surface area contributed by atoms with Crippen molar-refractivity contribution >= 4 is 15.7 Å². The van der Waals surface area contributed by atoms with Crippen molar-refractivity contribution in [2.75, 3.05) is 25.9 Å². The van der Waals surface area contributed by atoms with Crippen LogP contribution in [0.25, 0.3) is 0 Å². The van der Waals surface area contributed by atoms with Gasteiger partial charge in [-0.3, -0.25) is 0 Å². The van der Waals surface area contributed by atoms with Crippen LogP contribution in [0.15, 0.2) is 23.1 Å². The molecule has 0 unspecified atom stereocenters. The summed E-state index contributed by atoms with van der Waals surface area (Å²) in [6.45, 7) is 5.36. The van der Waals surface area contributed by atoms with Crippen molar-refractivity contribution < 1.29 is 12.8 Å². The second kappa shape index (κ2) is 7.72. The van der Waals surface area contributed by atoms with Crippen LogP contribution in [-0.4, -0.2) is 39.5 Å². The summed E-state index contributed by atoms with van der Waals surface area (Å²) in [5, 5.41) is 0. The fourth-order valence-electron chi connectivity index (χ4n) is 1.83. The summed E-state index contributed by atoms with van der Waals surface area (Å²) < 4.78 is 40.1. The lowest BCUT2D eigenvalue weighted by Gasteiger charge is -2.20. The molecule has 1 rings (SSSR count). The molecule has 0 atom stereocenters. The first kappa shape index (κ1) is 17.9. The number of hydrogen-bond acceptors (Lipinski definition) is 4. The van der Waals surface area contributed by atoms with Crippen molar-refractivity contribution in [2.24, 2.45) is 0 Å². The van der Waals surface area contributed by atoms with Crippen molar-refractivity contribution in [2.45, 2.75) is 37.6 Å². The third-order valence-electron chi connectivity index (χ3n) is 3.38. The fraction of sp³-hybridized carbons (Fsp3) is 0.571. The van der Waals surface area contributed by atoms with Gasteiger partial charge in [0.15, 0.2) is 0 Å². The van der Waals surface area contributed by atoms with Gasteiger partial charge in [0, 0.05) is 12.6 Å². The van der Waals surface area contributed by atoms with Gasteiger partial charge in [0.1, 0.15) is 10.7 Å². The van der Waals surface area contributed by atoms with Crippen LogP contribution >= 0.6 is 0 Å². The van der Waals surface area contributed by atoms with Gasteiger partial charge in [-0.25, -0.2) is 17.5 Å². The highest BCUT2D eigenvalue weighted by molar-refractivity contribution is 7.89. The molecule has 0 aromatic heterocycles. The molecule has 0 spiro atoms. The van der Waals surface area contributed by atoms with Crippen LogP contribution < -0.4 is 10.5 Å². The molecule has 7 heteroatoms. The number of halogens is 1. The standard InChI is InChI=1S/C14H24FN3O2S/c1-11(2)18(3)10-5-4-9-17-21(19,20)14-12(15)7-6-8-13(14)16/h6-8,11,17H,4-5,9-10,16H2,1-3H3. The topological polar surface area (TPSA) is 75.4 Å². The largest absolute Gasteiger partial charge is 0.398 e. The molecule has 0 saturated carbocycles. The number of nitrogen functional groups attached to an aromatic ring is 1. The Kier molecular flexibility index (Phi) is 6.57. The van der Waals surface area contributed by atoms with Gasteiger partial charge in [-0.05, 0) is 52.4 Å². The van der Waals surface area contributed by atoms with E-state index in [9.17, 15) is 12.8 Å². The van der Waals surface area contributed by atoms with E-state index < -0.39 is 20.7 Å². The van der Waals surface area contributed by atoms with E-state index in [1.54, 1.807) is 0 Å². The Morgan fingerprint density at radius 3 is 2.57 bits per heavy atom. The zero-order chi connectivity index (χ0) is 16.0. The van der Waals surface area contributed by atoms with Gasteiger partial charge in [-0.2, -0.15) is 0 Å². The molecule has 0 aliphatic rings. The summed E-state index contributed by atoms with van der Waals surface area (Å²) in [4.78, 5) is 1.72. The fourth-order valence-corrected chi connectivity index (χ4v) is 3.09. The molecule has 0 saturated heterocycles. The molecule has 0 heterocycles. The molecule has 0 amide bonds. The van der Waals surface area contributed by atoms with Crippen LogP contribution in [0.2, 0.25) is 0 Å². The third kappa shape index (κ3) is 5.26. The van der Waals surface area contributed by atoms with Crippen molar-refractivity contribution in [3.63, 3.8) is 0 Å². The first-order valence-electron chi connectivity index (χ1n) is 6.99. The second-order valence-electron chi connectivity index (χ2n) is 5.34. The van der Waals surface area contributed by atoms with E-state index >= 15 is 0 Å². The predicted octanol–water partition coefficient (Wildman–Crippen LogP) is 1.81. The molecule has 0 radical (unpaired) electrons. The molecule has 21 heavy (non-hydrogen) atoms. The number of rotatable bonds is 8. The number of benzene rings is 1. The van der Waals surface area contributed by atoms with Gasteiger partial charge < -0.3 is 10.6 Å². The Hall–Kier alpha value is -1.18. The summed E-state index contributed by atoms with van der Waals surface area (Å²) in [5.74, 6) is -0.831. The molecule has 0 aliphatic carbocycles. The number of nitrogens with one attached hydrogen (secondary N) is 1. The van der Waals surface area contributed by atoms with Crippen molar-refractivity contribution in [1.82, 2.24) is 9.62 Å². The summed E-state index contributed by atoms with van der Waals surface area (Å²) in [7, 11) is -1.88. The number of sulfonamides is 1. The molecule has 3 N–H and O–H groups in total. The molecule has 0 aliphatic heterocycles. The number of unbranched alkanes of at least 4 members (excludes halogenated alkanes) is 1. The van der Waals surface area contributed by atoms with Gasteiger partial charge in [0.25, 0.3) is 0 Å². The van der Waals surface area contributed by atoms with Crippen LogP contribution in [0.3, 0.4) is 0 Å². The van der Waals surface area contributed by atoms with Crippen molar-refractivity contribution in [1.29, 1.82) is 0 Å². The van der Waals surface area contributed by atoms with Gasteiger partial charge in [0.05, 0.1) is 5.69 Å². The maximum Gasteiger partial charge on any atom is 0.245 e. The number of nitrogens with two attached hydrogens (primary N) is 1. The molecule has 0 fully saturated rings. The average Bonchev–Trinajstić information content (AvgIpc) is 2.37. The zero-order valence-electron chi connectivity index (χ0n) is 12.8. The van der Waals surface area contributed by atoms with Crippen LogP contribution in [-0.2, 0) is 10.0 Å². The van der Waals surface area contributed by atoms with Crippen LogP contribution in [0.1, 0.15) is 26.7 Å². The SMILES string of the molecule is CC(C)N(C)CCCCNS(=O)(=O)c1c(N)cccc1F. The predicted molar refractivity (Wildman–Crippen MR) is 83.0 cm³/mol. The molecule has 1 aromatic rings. The first-order chi connectivity index (χ1) is 9.75. The van der Waals surface area contributed by atoms with Crippen molar-refractivity contribution in [3.05, 3.63) is 24.0 Å². The Bertz CT molecular complexity index is 541. The van der Waals surface area contributed by atoms with E-state index in [2.05, 4.69) is 23.5 Å². The highest BCUT2D eigenvalue weighted by atomic mass is 32.2. The van der Waals surface area contributed by atoms with Crippen LogP contribution in [0.4, 0.5) is 10.1 Å². The maximum absolute atomic E-state index is 13.6. The highest BCUT2D eigenvalue weighted by Crippen LogP contribution is 2.21. The number of anilines is 1. The zero-order valence-corrected chi connectivity index (χ0v) is 13.6. The Balaban J connectivity index is 2.51. The Morgan fingerprint density at radius 2 is 2.00 bits per heavy atom. The number of nitrogens with zero attached hydrogens (tertiary/aromatic N) is 1. The Labute approximate surface area is 126 Å². The highest BCUT2D eigenvalue weighted by Gasteiger charge is 2.21. The van der Waals surface area contributed by atoms with Crippen LogP contribution in [0, 0.1) is 5.82 Å². The van der Waals surface area contributed by atoms with E-state index in [4.69, 9.17) is 5.73 Å². The Morgan fingerprint density at radius 1 is 1.33 bits per heavy atom. The van der Waals surface area contributed by atoms with Crippen molar-refractivity contribution in [3.8, 4) is 0 Å². The molecule has 0 bridgehead atoms. The molecule has 1 aromatic carbocycles. The normalized spacial score (nSPS) is 12.3. The lowest BCUT2D eigenvalue weighted by Crippen LogP contribution is -2.29. The average molecular weight is 317 g/mol. The quantitative estimate of drug-likeness (QED) is 0.566. The van der Waals surface area contributed by atoms with E-state index in [0.29, 0.717) is 12.5 Å². The van der Waals surface area contributed by atoms with Crippen LogP contribution in [0.5, 0.6) is 0 Å². The molecular formula is C14H24FN3O2S. The van der Waals surface area contributed by atoms with Gasteiger partial charge in [-0.15, -0.1) is 0 Å². The smallest absolute Gasteiger partial charge is 0.245 e. The van der Waals surface area contributed by atoms with E-state index in [1.807, 2.05) is 7.05 Å². The lowest BCUT2D eigenvalue weighted by molar-refractivity contribution is 0.268. The monoisotopic (exact) mass is 317 g/mol. The molecule has 120 valence electrons. The molecular weight excluding hydrogens is 293 g/mol. The number of hydrogen-bond donors (Lipinski definition) is 2. The third-order valence-corrected chi connectivity index (χ3v) is 4.93. The maximum atomic E-state index is 13.6. The van der Waals surface area contributed by atoms with E-state index in [0.717, 1.165) is 19.0 Å². The van der Waals surface area contributed by atoms with Gasteiger partial charge in [0.2, 0.25) is 10.0 Å². The first-order valence-corrected chi connectivity index (χ1v) is 8.48. The second-order valence-corrected chi connectivity index (χ2v) is 7.04. The van der Waals surface area contributed by atoms with E-state index in [1.165, 1.54) is 12.1 Å². The lowest BCUT2D eigenvalue weighted by atomic mass is 10.2. The van der Waals surface area contributed by atoms with E-state index in [-0.39, 0.29) is 12.2 Å². The summed E-state index contributed by atoms with van der Waals surface area (Å²) in [6.07, 6.45) is 1.55.